The maximum Gasteiger partial charge on any atom is 0.204 e. The van der Waals surface area contributed by atoms with Crippen molar-refractivity contribution in [1.82, 2.24) is 4.90 Å². The maximum absolute atomic E-state index is 11.7. The van der Waals surface area contributed by atoms with Gasteiger partial charge in [-0.1, -0.05) is 25.8 Å². The average molecular weight is 288 g/mol. The zero-order valence-corrected chi connectivity index (χ0v) is 12.8. The van der Waals surface area contributed by atoms with Gasteiger partial charge < -0.3 is 9.64 Å². The molecular weight excluding hydrogens is 264 g/mol. The molecule has 3 rings (SSSR count). The fourth-order valence-corrected chi connectivity index (χ4v) is 3.16. The van der Waals surface area contributed by atoms with Crippen LogP contribution < -0.4 is 9.64 Å². The number of piperazine rings is 1. The molecule has 0 N–H and O–H groups in total. The SMILES string of the molecule is CCCCCN1CCN(c2cccc3c2OCC3=O)CC1. The summed E-state index contributed by atoms with van der Waals surface area (Å²) in [5.74, 6) is 0.895. The molecule has 0 aromatic heterocycles. The summed E-state index contributed by atoms with van der Waals surface area (Å²) >= 11 is 0. The highest BCUT2D eigenvalue weighted by Gasteiger charge is 2.27. The van der Waals surface area contributed by atoms with Crippen molar-refractivity contribution in [2.45, 2.75) is 26.2 Å². The number of rotatable bonds is 5. The molecule has 2 aliphatic heterocycles. The van der Waals surface area contributed by atoms with Gasteiger partial charge in [0.15, 0.2) is 12.4 Å². The molecule has 0 atom stereocenters. The Labute approximate surface area is 126 Å². The molecule has 4 nitrogen and oxygen atoms in total. The first-order valence-electron chi connectivity index (χ1n) is 8.06. The molecule has 2 heterocycles. The predicted octanol–water partition coefficient (Wildman–Crippen LogP) is 2.57. The van der Waals surface area contributed by atoms with E-state index in [9.17, 15) is 4.79 Å². The largest absolute Gasteiger partial charge is 0.482 e. The lowest BCUT2D eigenvalue weighted by Gasteiger charge is -2.36. The van der Waals surface area contributed by atoms with Crippen molar-refractivity contribution >= 4 is 11.5 Å². The van der Waals surface area contributed by atoms with Gasteiger partial charge in [-0.25, -0.2) is 0 Å². The van der Waals surface area contributed by atoms with Crippen LogP contribution in [-0.4, -0.2) is 50.0 Å². The van der Waals surface area contributed by atoms with Crippen LogP contribution in [0.3, 0.4) is 0 Å². The first-order chi connectivity index (χ1) is 10.3. The number of para-hydroxylation sites is 1. The third-order valence-corrected chi connectivity index (χ3v) is 4.43. The summed E-state index contributed by atoms with van der Waals surface area (Å²) in [5, 5.41) is 0. The Hall–Kier alpha value is -1.55. The smallest absolute Gasteiger partial charge is 0.204 e. The van der Waals surface area contributed by atoms with E-state index in [1.54, 1.807) is 0 Å². The van der Waals surface area contributed by atoms with E-state index in [1.165, 1.54) is 25.8 Å². The maximum atomic E-state index is 11.7. The van der Waals surface area contributed by atoms with E-state index in [1.807, 2.05) is 12.1 Å². The fourth-order valence-electron chi connectivity index (χ4n) is 3.16. The molecule has 0 amide bonds. The molecule has 2 aliphatic rings. The van der Waals surface area contributed by atoms with Crippen LogP contribution in [0.2, 0.25) is 0 Å². The number of hydrogen-bond donors (Lipinski definition) is 0. The van der Waals surface area contributed by atoms with Crippen LogP contribution in [0, 0.1) is 0 Å². The van der Waals surface area contributed by atoms with E-state index < -0.39 is 0 Å². The first-order valence-corrected chi connectivity index (χ1v) is 8.06. The number of anilines is 1. The average Bonchev–Trinajstić information content (AvgIpc) is 2.90. The highest BCUT2D eigenvalue weighted by molar-refractivity contribution is 6.04. The van der Waals surface area contributed by atoms with Crippen molar-refractivity contribution in [1.29, 1.82) is 0 Å². The second-order valence-electron chi connectivity index (χ2n) is 5.90. The number of Topliss-reactive ketones (excluding diaryl/α,β-unsaturated/α-hetero) is 1. The van der Waals surface area contributed by atoms with E-state index in [2.05, 4.69) is 22.8 Å². The van der Waals surface area contributed by atoms with Gasteiger partial charge in [-0.05, 0) is 25.1 Å². The highest BCUT2D eigenvalue weighted by atomic mass is 16.5. The quantitative estimate of drug-likeness (QED) is 0.780. The predicted molar refractivity (Wildman–Crippen MR) is 84.4 cm³/mol. The summed E-state index contributed by atoms with van der Waals surface area (Å²) in [4.78, 5) is 16.6. The molecule has 114 valence electrons. The number of benzene rings is 1. The number of unbranched alkanes of at least 4 members (excludes halogenated alkanes) is 2. The van der Waals surface area contributed by atoms with Crippen LogP contribution in [-0.2, 0) is 0 Å². The molecule has 0 saturated carbocycles. The Kier molecular flexibility index (Phi) is 4.44. The molecule has 0 radical (unpaired) electrons. The first kappa shape index (κ1) is 14.4. The molecule has 0 aliphatic carbocycles. The lowest BCUT2D eigenvalue weighted by molar-refractivity contribution is 0.0961. The van der Waals surface area contributed by atoms with Crippen molar-refractivity contribution in [3.05, 3.63) is 23.8 Å². The number of ether oxygens (including phenoxy) is 1. The Balaban J connectivity index is 1.62. The topological polar surface area (TPSA) is 32.8 Å². The van der Waals surface area contributed by atoms with E-state index in [0.29, 0.717) is 0 Å². The van der Waals surface area contributed by atoms with Gasteiger partial charge >= 0.3 is 0 Å². The second kappa shape index (κ2) is 6.48. The lowest BCUT2D eigenvalue weighted by atomic mass is 10.1. The summed E-state index contributed by atoms with van der Waals surface area (Å²) in [5.41, 5.74) is 1.84. The van der Waals surface area contributed by atoms with Crippen LogP contribution in [0.25, 0.3) is 0 Å². The van der Waals surface area contributed by atoms with Gasteiger partial charge in [0.2, 0.25) is 5.78 Å². The Bertz CT molecular complexity index is 508. The standard InChI is InChI=1S/C17H24N2O2/c1-2-3-4-8-18-9-11-19(12-10-18)15-7-5-6-14-16(20)13-21-17(14)15/h5-7H,2-4,8-13H2,1H3. The molecule has 0 unspecified atom stereocenters. The van der Waals surface area contributed by atoms with Crippen LogP contribution in [0.5, 0.6) is 5.75 Å². The summed E-state index contributed by atoms with van der Waals surface area (Å²) in [6, 6.07) is 5.91. The molecule has 1 aromatic carbocycles. The third kappa shape index (κ3) is 3.05. The summed E-state index contributed by atoms with van der Waals surface area (Å²) in [7, 11) is 0. The van der Waals surface area contributed by atoms with Crippen molar-refractivity contribution in [3.63, 3.8) is 0 Å². The van der Waals surface area contributed by atoms with Crippen LogP contribution >= 0.6 is 0 Å². The molecule has 1 saturated heterocycles. The molecule has 4 heteroatoms. The van der Waals surface area contributed by atoms with Crippen molar-refractivity contribution in [2.24, 2.45) is 0 Å². The number of hydrogen-bond acceptors (Lipinski definition) is 4. The van der Waals surface area contributed by atoms with Gasteiger partial charge in [0.25, 0.3) is 0 Å². The van der Waals surface area contributed by atoms with Gasteiger partial charge in [-0.2, -0.15) is 0 Å². The van der Waals surface area contributed by atoms with Crippen molar-refractivity contribution < 1.29 is 9.53 Å². The van der Waals surface area contributed by atoms with Crippen LogP contribution in [0.15, 0.2) is 18.2 Å². The summed E-state index contributed by atoms with van der Waals surface area (Å²) in [6.45, 7) is 7.88. The molecule has 21 heavy (non-hydrogen) atoms. The zero-order valence-electron chi connectivity index (χ0n) is 12.8. The van der Waals surface area contributed by atoms with E-state index in [-0.39, 0.29) is 12.4 Å². The molecule has 1 fully saturated rings. The van der Waals surface area contributed by atoms with Gasteiger partial charge in [-0.3, -0.25) is 9.69 Å². The Morgan fingerprint density at radius 2 is 1.95 bits per heavy atom. The lowest BCUT2D eigenvalue weighted by Crippen LogP contribution is -2.46. The normalized spacial score (nSPS) is 18.7. The molecular formula is C17H24N2O2. The van der Waals surface area contributed by atoms with Gasteiger partial charge in [0.05, 0.1) is 11.3 Å². The highest BCUT2D eigenvalue weighted by Crippen LogP contribution is 2.36. The number of carbonyl (C=O) groups is 1. The third-order valence-electron chi connectivity index (χ3n) is 4.43. The fraction of sp³-hybridized carbons (Fsp3) is 0.588. The number of nitrogens with zero attached hydrogens (tertiary/aromatic N) is 2. The monoisotopic (exact) mass is 288 g/mol. The minimum atomic E-state index is 0.102. The zero-order chi connectivity index (χ0) is 14.7. The minimum absolute atomic E-state index is 0.102. The van der Waals surface area contributed by atoms with E-state index in [0.717, 1.165) is 43.2 Å². The van der Waals surface area contributed by atoms with Crippen LogP contribution in [0.1, 0.15) is 36.5 Å². The number of fused-ring (bicyclic) bond motifs is 1. The van der Waals surface area contributed by atoms with Crippen LogP contribution in [0.4, 0.5) is 5.69 Å². The van der Waals surface area contributed by atoms with Gasteiger partial charge in [-0.15, -0.1) is 0 Å². The minimum Gasteiger partial charge on any atom is -0.482 e. The van der Waals surface area contributed by atoms with E-state index in [4.69, 9.17) is 4.74 Å². The van der Waals surface area contributed by atoms with Crippen molar-refractivity contribution in [2.75, 3.05) is 44.2 Å². The summed E-state index contributed by atoms with van der Waals surface area (Å²) in [6.07, 6.45) is 3.90. The number of carbonyl (C=O) groups excluding carboxylic acids is 1. The van der Waals surface area contributed by atoms with E-state index >= 15 is 0 Å². The van der Waals surface area contributed by atoms with Gasteiger partial charge in [0.1, 0.15) is 0 Å². The van der Waals surface area contributed by atoms with Gasteiger partial charge in [0, 0.05) is 26.2 Å². The Morgan fingerprint density at radius 3 is 2.71 bits per heavy atom. The summed E-state index contributed by atoms with van der Waals surface area (Å²) < 4.78 is 5.60. The molecule has 0 spiro atoms. The van der Waals surface area contributed by atoms with Crippen molar-refractivity contribution in [3.8, 4) is 5.75 Å². The second-order valence-corrected chi connectivity index (χ2v) is 5.90. The molecule has 0 bridgehead atoms. The Morgan fingerprint density at radius 1 is 1.14 bits per heavy atom. The number of ketones is 1. The molecule has 1 aromatic rings.